The third-order valence-corrected chi connectivity index (χ3v) is 3.58. The molecule has 1 heterocycles. The van der Waals surface area contributed by atoms with Gasteiger partial charge < -0.3 is 20.3 Å². The van der Waals surface area contributed by atoms with Crippen LogP contribution >= 0.6 is 12.4 Å². The van der Waals surface area contributed by atoms with Crippen LogP contribution in [0, 0.1) is 13.8 Å². The summed E-state index contributed by atoms with van der Waals surface area (Å²) in [5.74, 6) is -2.21. The zero-order valence-electron chi connectivity index (χ0n) is 16.4. The first-order valence-electron chi connectivity index (χ1n) is 8.42. The number of pyridine rings is 1. The van der Waals surface area contributed by atoms with Crippen molar-refractivity contribution < 1.29 is 37.7 Å². The largest absolute Gasteiger partial charge is 0.478 e. The van der Waals surface area contributed by atoms with Crippen molar-refractivity contribution >= 4 is 30.0 Å². The summed E-state index contributed by atoms with van der Waals surface area (Å²) in [4.78, 5) is 25.0. The third kappa shape index (κ3) is 8.56. The number of benzene rings is 1. The number of ether oxygens (including phenoxy) is 1. The molecule has 3 N–H and O–H groups in total. The Balaban J connectivity index is 0.000000553. The molecule has 0 aliphatic heterocycles. The van der Waals surface area contributed by atoms with Crippen LogP contribution in [0.1, 0.15) is 38.8 Å². The highest BCUT2D eigenvalue weighted by Gasteiger charge is 2.28. The van der Waals surface area contributed by atoms with Crippen LogP contribution in [-0.2, 0) is 0 Å². The molecule has 0 amide bonds. The van der Waals surface area contributed by atoms with E-state index in [1.165, 1.54) is 31.3 Å². The molecule has 11 heteroatoms. The van der Waals surface area contributed by atoms with Gasteiger partial charge in [0.15, 0.2) is 6.61 Å². The fraction of sp³-hybridized carbons (Fsp3) is 0.316. The number of carbonyl (C=O) groups is 2. The number of alkyl halides is 3. The Kier molecular flexibility index (Phi) is 10.7. The molecule has 0 bridgehead atoms. The van der Waals surface area contributed by atoms with E-state index in [2.05, 4.69) is 15.0 Å². The molecule has 2 rings (SSSR count). The van der Waals surface area contributed by atoms with E-state index in [0.717, 1.165) is 12.2 Å². The number of carboxylic acids is 2. The number of hydrogen-bond donors (Lipinski definition) is 3. The van der Waals surface area contributed by atoms with Crippen molar-refractivity contribution in [2.45, 2.75) is 26.9 Å². The molecule has 0 aliphatic rings. The van der Waals surface area contributed by atoms with Gasteiger partial charge in [-0.25, -0.2) is 14.6 Å². The van der Waals surface area contributed by atoms with Crippen LogP contribution in [-0.4, -0.2) is 46.5 Å². The van der Waals surface area contributed by atoms with E-state index < -0.39 is 24.7 Å². The van der Waals surface area contributed by atoms with E-state index in [1.807, 2.05) is 6.92 Å². The first kappa shape index (κ1) is 27.0. The van der Waals surface area contributed by atoms with E-state index >= 15 is 0 Å². The minimum atomic E-state index is -4.34. The van der Waals surface area contributed by atoms with Crippen LogP contribution in [0.4, 0.5) is 18.9 Å². The molecule has 0 atom stereocenters. The van der Waals surface area contributed by atoms with Gasteiger partial charge in [-0.1, -0.05) is 6.07 Å². The fourth-order valence-electron chi connectivity index (χ4n) is 2.26. The monoisotopic (exact) mass is 450 g/mol. The number of hydrogen-bond acceptors (Lipinski definition) is 5. The maximum Gasteiger partial charge on any atom is 0.422 e. The SMILES string of the molecule is CCNc1cnc(OCC(F)(F)F)c(C)c1.Cc1c(C(=O)O)cccc1C(=O)O.Cl. The zero-order valence-corrected chi connectivity index (χ0v) is 17.2. The lowest BCUT2D eigenvalue weighted by Crippen LogP contribution is -2.20. The van der Waals surface area contributed by atoms with Crippen molar-refractivity contribution in [1.82, 2.24) is 4.98 Å². The number of anilines is 1. The first-order valence-corrected chi connectivity index (χ1v) is 8.42. The molecule has 2 aromatic rings. The second-order valence-electron chi connectivity index (χ2n) is 5.87. The first-order chi connectivity index (χ1) is 13.5. The minimum absolute atomic E-state index is 0. The normalized spacial score (nSPS) is 10.2. The highest BCUT2D eigenvalue weighted by atomic mass is 35.5. The molecule has 1 aromatic carbocycles. The molecule has 0 radical (unpaired) electrons. The summed E-state index contributed by atoms with van der Waals surface area (Å²) in [6.07, 6.45) is -2.89. The van der Waals surface area contributed by atoms with Gasteiger partial charge in [0.1, 0.15) is 0 Å². The summed E-state index contributed by atoms with van der Waals surface area (Å²) in [6, 6.07) is 5.87. The molecule has 1 aromatic heterocycles. The topological polar surface area (TPSA) is 109 Å². The van der Waals surface area contributed by atoms with Crippen LogP contribution in [0.5, 0.6) is 5.88 Å². The van der Waals surface area contributed by atoms with Crippen LogP contribution < -0.4 is 10.1 Å². The number of carboxylic acid groups (broad SMARTS) is 2. The Labute approximate surface area is 177 Å². The maximum absolute atomic E-state index is 11.9. The van der Waals surface area contributed by atoms with Gasteiger partial charge in [0.25, 0.3) is 0 Å². The second-order valence-corrected chi connectivity index (χ2v) is 5.87. The van der Waals surface area contributed by atoms with Gasteiger partial charge in [-0.15, -0.1) is 12.4 Å². The molecular formula is C19H22ClF3N2O5. The molecule has 0 aliphatic carbocycles. The van der Waals surface area contributed by atoms with E-state index in [0.29, 0.717) is 5.56 Å². The average Bonchev–Trinajstić information content (AvgIpc) is 2.60. The number of aryl methyl sites for hydroxylation is 1. The predicted molar refractivity (Wildman–Crippen MR) is 107 cm³/mol. The van der Waals surface area contributed by atoms with E-state index in [4.69, 9.17) is 10.2 Å². The van der Waals surface area contributed by atoms with Gasteiger partial charge in [0.05, 0.1) is 23.0 Å². The maximum atomic E-state index is 11.9. The quantitative estimate of drug-likeness (QED) is 0.591. The Bertz CT molecular complexity index is 843. The van der Waals surface area contributed by atoms with Crippen LogP contribution in [0.15, 0.2) is 30.5 Å². The van der Waals surface area contributed by atoms with Gasteiger partial charge >= 0.3 is 18.1 Å². The number of nitrogens with one attached hydrogen (secondary N) is 1. The lowest BCUT2D eigenvalue weighted by molar-refractivity contribution is -0.154. The highest BCUT2D eigenvalue weighted by molar-refractivity contribution is 5.96. The summed E-state index contributed by atoms with van der Waals surface area (Å²) >= 11 is 0. The summed E-state index contributed by atoms with van der Waals surface area (Å²) in [7, 11) is 0. The van der Waals surface area contributed by atoms with Crippen molar-refractivity contribution in [1.29, 1.82) is 0 Å². The lowest BCUT2D eigenvalue weighted by atomic mass is 10.0. The summed E-state index contributed by atoms with van der Waals surface area (Å²) < 4.78 is 40.3. The van der Waals surface area contributed by atoms with E-state index in [9.17, 15) is 22.8 Å². The Morgan fingerprint density at radius 1 is 1.13 bits per heavy atom. The van der Waals surface area contributed by atoms with Crippen molar-refractivity contribution in [3.05, 3.63) is 52.7 Å². The smallest absolute Gasteiger partial charge is 0.422 e. The van der Waals surface area contributed by atoms with E-state index in [-0.39, 0.29) is 35.0 Å². The number of nitrogens with zero attached hydrogens (tertiary/aromatic N) is 1. The lowest BCUT2D eigenvalue weighted by Gasteiger charge is -2.11. The Morgan fingerprint density at radius 2 is 1.67 bits per heavy atom. The van der Waals surface area contributed by atoms with Crippen molar-refractivity contribution in [3.8, 4) is 5.88 Å². The average molecular weight is 451 g/mol. The minimum Gasteiger partial charge on any atom is -0.478 e. The van der Waals surface area contributed by atoms with Crippen molar-refractivity contribution in [2.75, 3.05) is 18.5 Å². The molecule has 166 valence electrons. The summed E-state index contributed by atoms with van der Waals surface area (Å²) in [6.45, 7) is 4.46. The number of aromatic nitrogens is 1. The van der Waals surface area contributed by atoms with Gasteiger partial charge in [-0.3, -0.25) is 0 Å². The molecular weight excluding hydrogens is 429 g/mol. The molecule has 0 unspecified atom stereocenters. The summed E-state index contributed by atoms with van der Waals surface area (Å²) in [5.41, 5.74) is 1.67. The number of halogens is 4. The standard InChI is InChI=1S/C10H13F3N2O.C9H8O4.ClH/c1-3-14-8-4-7(2)9(15-5-8)16-6-10(11,12)13;1-5-6(8(10)11)3-2-4-7(5)9(12)13;/h4-5,14H,3,6H2,1-2H3;2-4H,1H3,(H,10,11)(H,12,13);1H. The van der Waals surface area contributed by atoms with Crippen molar-refractivity contribution in [3.63, 3.8) is 0 Å². The third-order valence-electron chi connectivity index (χ3n) is 3.58. The molecule has 0 saturated carbocycles. The predicted octanol–water partition coefficient (Wildman–Crippen LogP) is 4.58. The van der Waals surface area contributed by atoms with Crippen LogP contribution in [0.3, 0.4) is 0 Å². The van der Waals surface area contributed by atoms with Gasteiger partial charge in [0, 0.05) is 12.1 Å². The Morgan fingerprint density at radius 3 is 2.07 bits per heavy atom. The van der Waals surface area contributed by atoms with Crippen molar-refractivity contribution in [2.24, 2.45) is 0 Å². The van der Waals surface area contributed by atoms with Gasteiger partial charge in [0.2, 0.25) is 5.88 Å². The van der Waals surface area contributed by atoms with Gasteiger partial charge in [-0.05, 0) is 44.5 Å². The number of aromatic carboxylic acids is 2. The number of rotatable bonds is 6. The molecule has 0 spiro atoms. The molecule has 30 heavy (non-hydrogen) atoms. The fourth-order valence-corrected chi connectivity index (χ4v) is 2.26. The highest BCUT2D eigenvalue weighted by Crippen LogP contribution is 2.21. The Hall–Kier alpha value is -3.01. The summed E-state index contributed by atoms with van der Waals surface area (Å²) in [5, 5.41) is 20.4. The molecule has 0 saturated heterocycles. The molecule has 7 nitrogen and oxygen atoms in total. The second kappa shape index (κ2) is 11.9. The van der Waals surface area contributed by atoms with E-state index in [1.54, 1.807) is 13.0 Å². The van der Waals surface area contributed by atoms with Crippen LogP contribution in [0.25, 0.3) is 0 Å². The van der Waals surface area contributed by atoms with Crippen LogP contribution in [0.2, 0.25) is 0 Å². The van der Waals surface area contributed by atoms with Gasteiger partial charge in [-0.2, -0.15) is 13.2 Å². The molecule has 0 fully saturated rings. The zero-order chi connectivity index (χ0) is 22.2.